The molecule has 70 valence electrons. The number of hydrogen-bond acceptors (Lipinski definition) is 0. The SMILES string of the molecule is CCC(C)(C)C.CCC(C)C. The van der Waals surface area contributed by atoms with Crippen molar-refractivity contribution in [2.45, 2.75) is 61.3 Å². The van der Waals surface area contributed by atoms with Gasteiger partial charge in [-0.3, -0.25) is 0 Å². The van der Waals surface area contributed by atoms with Gasteiger partial charge in [-0.25, -0.2) is 0 Å². The molecule has 0 aliphatic heterocycles. The lowest BCUT2D eigenvalue weighted by Gasteiger charge is -2.12. The van der Waals surface area contributed by atoms with Gasteiger partial charge in [0.05, 0.1) is 0 Å². The maximum atomic E-state index is 2.24. The summed E-state index contributed by atoms with van der Waals surface area (Å²) in [5.41, 5.74) is 0.542. The van der Waals surface area contributed by atoms with E-state index in [1.54, 1.807) is 0 Å². The van der Waals surface area contributed by atoms with Gasteiger partial charge in [-0.15, -0.1) is 0 Å². The van der Waals surface area contributed by atoms with Crippen LogP contribution in [0.2, 0.25) is 0 Å². The van der Waals surface area contributed by atoms with Crippen LogP contribution in [0, 0.1) is 11.3 Å². The summed E-state index contributed by atoms with van der Waals surface area (Å²) >= 11 is 0. The third-order valence-corrected chi connectivity index (χ3v) is 1.88. The molecule has 0 aromatic rings. The van der Waals surface area contributed by atoms with Gasteiger partial charge in [0.2, 0.25) is 0 Å². The molecule has 0 fully saturated rings. The van der Waals surface area contributed by atoms with Gasteiger partial charge in [0.1, 0.15) is 0 Å². The molecule has 0 saturated heterocycles. The molecule has 0 N–H and O–H groups in total. The van der Waals surface area contributed by atoms with Crippen LogP contribution in [0.25, 0.3) is 0 Å². The van der Waals surface area contributed by atoms with Crippen molar-refractivity contribution < 1.29 is 0 Å². The van der Waals surface area contributed by atoms with Crippen LogP contribution in [-0.2, 0) is 0 Å². The lowest BCUT2D eigenvalue weighted by atomic mass is 9.94. The Morgan fingerprint density at radius 2 is 1.18 bits per heavy atom. The van der Waals surface area contributed by atoms with Gasteiger partial charge in [0, 0.05) is 0 Å². The summed E-state index contributed by atoms with van der Waals surface area (Å²) in [5.74, 6) is 0.884. The van der Waals surface area contributed by atoms with Crippen molar-refractivity contribution in [3.8, 4) is 0 Å². The first kappa shape index (κ1) is 13.6. The number of hydrogen-bond donors (Lipinski definition) is 0. The lowest BCUT2D eigenvalue weighted by Crippen LogP contribution is -2.00. The zero-order valence-electron chi connectivity index (χ0n) is 9.49. The first-order chi connectivity index (χ1) is 4.83. The highest BCUT2D eigenvalue weighted by Crippen LogP contribution is 2.16. The fraction of sp³-hybridized carbons (Fsp3) is 1.00. The molecule has 0 rings (SSSR count). The van der Waals surface area contributed by atoms with Gasteiger partial charge in [0.25, 0.3) is 0 Å². The summed E-state index contributed by atoms with van der Waals surface area (Å²) in [6.45, 7) is 15.6. The second-order valence-electron chi connectivity index (χ2n) is 4.72. The van der Waals surface area contributed by atoms with Crippen LogP contribution >= 0.6 is 0 Å². The summed E-state index contributed by atoms with van der Waals surface area (Å²) < 4.78 is 0. The van der Waals surface area contributed by atoms with Gasteiger partial charge in [-0.2, -0.15) is 0 Å². The van der Waals surface area contributed by atoms with E-state index in [1.807, 2.05) is 0 Å². The highest BCUT2D eigenvalue weighted by Gasteiger charge is 2.03. The molecule has 0 bridgehead atoms. The second-order valence-corrected chi connectivity index (χ2v) is 4.72. The minimum atomic E-state index is 0.542. The molecule has 0 nitrogen and oxygen atoms in total. The van der Waals surface area contributed by atoms with Crippen molar-refractivity contribution in [1.82, 2.24) is 0 Å². The zero-order chi connectivity index (χ0) is 9.49. The first-order valence-corrected chi connectivity index (χ1v) is 4.83. The summed E-state index contributed by atoms with van der Waals surface area (Å²) in [5, 5.41) is 0. The average molecular weight is 158 g/mol. The van der Waals surface area contributed by atoms with Gasteiger partial charge < -0.3 is 0 Å². The molecule has 11 heavy (non-hydrogen) atoms. The highest BCUT2D eigenvalue weighted by molar-refractivity contribution is 4.55. The van der Waals surface area contributed by atoms with Crippen molar-refractivity contribution >= 4 is 0 Å². The Hall–Kier alpha value is 0. The van der Waals surface area contributed by atoms with Crippen LogP contribution in [0.5, 0.6) is 0 Å². The molecule has 0 heterocycles. The minimum absolute atomic E-state index is 0.542. The second kappa shape index (κ2) is 6.69. The topological polar surface area (TPSA) is 0 Å². The Morgan fingerprint density at radius 1 is 1.00 bits per heavy atom. The largest absolute Gasteiger partial charge is 0.0651 e. The van der Waals surface area contributed by atoms with Crippen LogP contribution in [0.3, 0.4) is 0 Å². The minimum Gasteiger partial charge on any atom is -0.0651 e. The Balaban J connectivity index is 0. The highest BCUT2D eigenvalue weighted by atomic mass is 14.1. The van der Waals surface area contributed by atoms with Crippen LogP contribution < -0.4 is 0 Å². The molecule has 0 aromatic heterocycles. The molecular weight excluding hydrogens is 132 g/mol. The van der Waals surface area contributed by atoms with Crippen LogP contribution in [0.15, 0.2) is 0 Å². The van der Waals surface area contributed by atoms with E-state index in [-0.39, 0.29) is 0 Å². The summed E-state index contributed by atoms with van der Waals surface area (Å²) in [6, 6.07) is 0. The molecule has 0 amide bonds. The smallest absolute Gasteiger partial charge is 0.0385 e. The van der Waals surface area contributed by atoms with E-state index in [2.05, 4.69) is 48.5 Å². The van der Waals surface area contributed by atoms with Crippen LogP contribution in [0.1, 0.15) is 61.3 Å². The van der Waals surface area contributed by atoms with Crippen molar-refractivity contribution in [2.24, 2.45) is 11.3 Å². The molecule has 0 atom stereocenters. The fourth-order valence-corrected chi connectivity index (χ4v) is 0. The Morgan fingerprint density at radius 3 is 1.18 bits per heavy atom. The van der Waals surface area contributed by atoms with Crippen molar-refractivity contribution in [1.29, 1.82) is 0 Å². The van der Waals surface area contributed by atoms with Crippen LogP contribution in [-0.4, -0.2) is 0 Å². The summed E-state index contributed by atoms with van der Waals surface area (Å²) in [4.78, 5) is 0. The van der Waals surface area contributed by atoms with E-state index < -0.39 is 0 Å². The predicted molar refractivity (Wildman–Crippen MR) is 54.9 cm³/mol. The Bertz CT molecular complexity index is 64.6. The maximum Gasteiger partial charge on any atom is -0.0385 e. The monoisotopic (exact) mass is 158 g/mol. The molecule has 0 aliphatic carbocycles. The fourth-order valence-electron chi connectivity index (χ4n) is 0. The van der Waals surface area contributed by atoms with Gasteiger partial charge in [-0.1, -0.05) is 61.3 Å². The summed E-state index contributed by atoms with van der Waals surface area (Å²) in [6.07, 6.45) is 2.58. The standard InChI is InChI=1S/C6H14.C5H12/c1-5-6(2,3)4;1-4-5(2)3/h5H2,1-4H3;5H,4H2,1-3H3. The molecule has 0 heteroatoms. The first-order valence-electron chi connectivity index (χ1n) is 4.83. The molecular formula is C11H26. The van der Waals surface area contributed by atoms with Gasteiger partial charge in [0.15, 0.2) is 0 Å². The third kappa shape index (κ3) is 25.6. The third-order valence-electron chi connectivity index (χ3n) is 1.88. The lowest BCUT2D eigenvalue weighted by molar-refractivity contribution is 0.398. The van der Waals surface area contributed by atoms with E-state index in [4.69, 9.17) is 0 Å². The zero-order valence-corrected chi connectivity index (χ0v) is 9.49. The van der Waals surface area contributed by atoms with Crippen molar-refractivity contribution in [3.63, 3.8) is 0 Å². The molecule has 0 aliphatic rings. The summed E-state index contributed by atoms with van der Waals surface area (Å²) in [7, 11) is 0. The van der Waals surface area contributed by atoms with Crippen molar-refractivity contribution in [3.05, 3.63) is 0 Å². The van der Waals surface area contributed by atoms with Crippen LogP contribution in [0.4, 0.5) is 0 Å². The van der Waals surface area contributed by atoms with E-state index in [9.17, 15) is 0 Å². The van der Waals surface area contributed by atoms with E-state index >= 15 is 0 Å². The molecule has 0 saturated carbocycles. The predicted octanol–water partition coefficient (Wildman–Crippen LogP) is 4.49. The Labute approximate surface area is 73.4 Å². The number of rotatable bonds is 1. The normalized spacial score (nSPS) is 10.9. The molecule has 0 unspecified atom stereocenters. The van der Waals surface area contributed by atoms with Gasteiger partial charge >= 0.3 is 0 Å². The molecule has 0 spiro atoms. The van der Waals surface area contributed by atoms with Gasteiger partial charge in [-0.05, 0) is 11.3 Å². The van der Waals surface area contributed by atoms with E-state index in [1.165, 1.54) is 12.8 Å². The molecule has 0 radical (unpaired) electrons. The van der Waals surface area contributed by atoms with E-state index in [0.29, 0.717) is 5.41 Å². The molecule has 0 aromatic carbocycles. The Kier molecular flexibility index (Phi) is 8.26. The van der Waals surface area contributed by atoms with E-state index in [0.717, 1.165) is 5.92 Å². The maximum absolute atomic E-state index is 2.24. The average Bonchev–Trinajstić information content (AvgIpc) is 1.88. The van der Waals surface area contributed by atoms with Crippen molar-refractivity contribution in [2.75, 3.05) is 0 Å². The quantitative estimate of drug-likeness (QED) is 0.527.